The minimum absolute atomic E-state index is 0.0489. The first kappa shape index (κ1) is 16.0. The van der Waals surface area contributed by atoms with Crippen LogP contribution < -0.4 is 5.76 Å². The zero-order chi connectivity index (χ0) is 16.3. The first-order valence-electron chi connectivity index (χ1n) is 8.24. The number of aromatic nitrogens is 2. The van der Waals surface area contributed by atoms with E-state index in [1.54, 1.807) is 0 Å². The van der Waals surface area contributed by atoms with E-state index in [9.17, 15) is 4.79 Å². The highest BCUT2D eigenvalue weighted by Crippen LogP contribution is 2.30. The Morgan fingerprint density at radius 3 is 2.74 bits per heavy atom. The average molecular weight is 316 g/mol. The quantitative estimate of drug-likeness (QED) is 0.851. The topological polar surface area (TPSA) is 57.3 Å². The van der Waals surface area contributed by atoms with E-state index < -0.39 is 0 Å². The van der Waals surface area contributed by atoms with Crippen LogP contribution in [0.2, 0.25) is 0 Å². The van der Waals surface area contributed by atoms with Gasteiger partial charge in [-0.1, -0.05) is 44.2 Å². The SMILES string of the molecule is CC1(C)CCC(Cn2nc(CCc3ccccc3)oc2=O)OC1. The third-order valence-corrected chi connectivity index (χ3v) is 4.35. The third kappa shape index (κ3) is 4.32. The minimum atomic E-state index is -0.388. The van der Waals surface area contributed by atoms with Crippen molar-refractivity contribution in [1.29, 1.82) is 0 Å². The number of aryl methyl sites for hydroxylation is 2. The van der Waals surface area contributed by atoms with Gasteiger partial charge in [0.05, 0.1) is 19.3 Å². The van der Waals surface area contributed by atoms with Gasteiger partial charge in [-0.2, -0.15) is 4.68 Å². The average Bonchev–Trinajstić information content (AvgIpc) is 2.88. The van der Waals surface area contributed by atoms with Gasteiger partial charge in [-0.25, -0.2) is 4.79 Å². The molecule has 0 spiro atoms. The van der Waals surface area contributed by atoms with Crippen LogP contribution in [0, 0.1) is 5.41 Å². The van der Waals surface area contributed by atoms with E-state index >= 15 is 0 Å². The molecular weight excluding hydrogens is 292 g/mol. The lowest BCUT2D eigenvalue weighted by Gasteiger charge is -2.34. The van der Waals surface area contributed by atoms with E-state index in [2.05, 4.69) is 31.1 Å². The van der Waals surface area contributed by atoms with Gasteiger partial charge in [-0.3, -0.25) is 0 Å². The lowest BCUT2D eigenvalue weighted by molar-refractivity contribution is -0.0567. The summed E-state index contributed by atoms with van der Waals surface area (Å²) >= 11 is 0. The smallest absolute Gasteiger partial charge is 0.392 e. The predicted molar refractivity (Wildman–Crippen MR) is 87.4 cm³/mol. The zero-order valence-electron chi connectivity index (χ0n) is 13.8. The Morgan fingerprint density at radius 2 is 2.04 bits per heavy atom. The van der Waals surface area contributed by atoms with Crippen LogP contribution in [0.25, 0.3) is 0 Å². The summed E-state index contributed by atoms with van der Waals surface area (Å²) in [4.78, 5) is 11.9. The number of nitrogens with zero attached hydrogens (tertiary/aromatic N) is 2. The zero-order valence-corrected chi connectivity index (χ0v) is 13.8. The highest BCUT2D eigenvalue weighted by Gasteiger charge is 2.28. The van der Waals surface area contributed by atoms with Crippen LogP contribution in [0.5, 0.6) is 0 Å². The van der Waals surface area contributed by atoms with Crippen molar-refractivity contribution in [2.24, 2.45) is 5.41 Å². The Kier molecular flexibility index (Phi) is 4.66. The Hall–Kier alpha value is -1.88. The molecule has 1 aliphatic heterocycles. The van der Waals surface area contributed by atoms with Crippen molar-refractivity contribution in [2.75, 3.05) is 6.61 Å². The van der Waals surface area contributed by atoms with Gasteiger partial charge in [0, 0.05) is 6.42 Å². The molecule has 0 amide bonds. The highest BCUT2D eigenvalue weighted by molar-refractivity contribution is 5.15. The van der Waals surface area contributed by atoms with Crippen LogP contribution in [-0.4, -0.2) is 22.5 Å². The molecule has 1 saturated heterocycles. The predicted octanol–water partition coefficient (Wildman–Crippen LogP) is 2.83. The van der Waals surface area contributed by atoms with Gasteiger partial charge in [0.2, 0.25) is 5.89 Å². The van der Waals surface area contributed by atoms with Crippen LogP contribution in [0.3, 0.4) is 0 Å². The van der Waals surface area contributed by atoms with Gasteiger partial charge < -0.3 is 9.15 Å². The first-order chi connectivity index (χ1) is 11.0. The van der Waals surface area contributed by atoms with Crippen molar-refractivity contribution in [3.8, 4) is 0 Å². The number of ether oxygens (including phenoxy) is 1. The molecule has 2 aromatic rings. The Bertz CT molecular complexity index is 678. The number of hydrogen-bond donors (Lipinski definition) is 0. The van der Waals surface area contributed by atoms with Crippen molar-refractivity contribution in [3.05, 3.63) is 52.3 Å². The van der Waals surface area contributed by atoms with E-state index in [0.717, 1.165) is 25.9 Å². The minimum Gasteiger partial charge on any atom is -0.392 e. The largest absolute Gasteiger partial charge is 0.437 e. The molecule has 1 aromatic heterocycles. The summed E-state index contributed by atoms with van der Waals surface area (Å²) in [5.74, 6) is 0.108. The Morgan fingerprint density at radius 1 is 1.26 bits per heavy atom. The van der Waals surface area contributed by atoms with Crippen LogP contribution in [0.1, 0.15) is 38.1 Å². The molecule has 1 fully saturated rings. The normalized spacial score (nSPS) is 20.5. The molecule has 1 aliphatic rings. The summed E-state index contributed by atoms with van der Waals surface area (Å²) in [6.45, 7) is 5.61. The maximum Gasteiger partial charge on any atom is 0.437 e. The highest BCUT2D eigenvalue weighted by atomic mass is 16.5. The molecule has 5 nitrogen and oxygen atoms in total. The number of rotatable bonds is 5. The van der Waals surface area contributed by atoms with Crippen molar-refractivity contribution in [1.82, 2.24) is 9.78 Å². The van der Waals surface area contributed by atoms with Gasteiger partial charge in [0.1, 0.15) is 0 Å². The lowest BCUT2D eigenvalue weighted by Crippen LogP contribution is -2.36. The molecule has 124 valence electrons. The maximum atomic E-state index is 11.9. The molecule has 0 aliphatic carbocycles. The molecule has 23 heavy (non-hydrogen) atoms. The van der Waals surface area contributed by atoms with Gasteiger partial charge in [-0.05, 0) is 30.2 Å². The standard InChI is InChI=1S/C18H24N2O3/c1-18(2)11-10-15(22-13-18)12-20-17(21)23-16(19-20)9-8-14-6-4-3-5-7-14/h3-7,15H,8-13H2,1-2H3. The van der Waals surface area contributed by atoms with Crippen LogP contribution >= 0.6 is 0 Å². The summed E-state index contributed by atoms with van der Waals surface area (Å²) in [7, 11) is 0. The summed E-state index contributed by atoms with van der Waals surface area (Å²) < 4.78 is 12.5. The van der Waals surface area contributed by atoms with Crippen molar-refractivity contribution in [2.45, 2.75) is 52.2 Å². The van der Waals surface area contributed by atoms with E-state index in [4.69, 9.17) is 9.15 Å². The van der Waals surface area contributed by atoms with Gasteiger partial charge in [0.15, 0.2) is 0 Å². The van der Waals surface area contributed by atoms with Gasteiger partial charge in [-0.15, -0.1) is 5.10 Å². The molecule has 0 radical (unpaired) electrons. The van der Waals surface area contributed by atoms with E-state index in [0.29, 0.717) is 18.9 Å². The van der Waals surface area contributed by atoms with E-state index in [1.807, 2.05) is 18.2 Å². The second-order valence-electron chi connectivity index (χ2n) is 7.07. The second kappa shape index (κ2) is 6.71. The van der Waals surface area contributed by atoms with E-state index in [1.165, 1.54) is 10.2 Å². The molecule has 0 saturated carbocycles. The summed E-state index contributed by atoms with van der Waals surface area (Å²) in [6.07, 6.45) is 3.55. The molecular formula is C18H24N2O3. The molecule has 0 bridgehead atoms. The monoisotopic (exact) mass is 316 g/mol. The van der Waals surface area contributed by atoms with Gasteiger partial charge in [0.25, 0.3) is 0 Å². The fourth-order valence-electron chi connectivity index (χ4n) is 2.85. The fourth-order valence-corrected chi connectivity index (χ4v) is 2.85. The molecule has 2 heterocycles. The summed E-state index contributed by atoms with van der Waals surface area (Å²) in [5.41, 5.74) is 1.44. The van der Waals surface area contributed by atoms with E-state index in [-0.39, 0.29) is 17.3 Å². The molecule has 5 heteroatoms. The van der Waals surface area contributed by atoms with Crippen LogP contribution in [-0.2, 0) is 24.1 Å². The molecule has 0 N–H and O–H groups in total. The molecule has 1 atom stereocenters. The van der Waals surface area contributed by atoms with Crippen LogP contribution in [0.4, 0.5) is 0 Å². The van der Waals surface area contributed by atoms with Crippen molar-refractivity contribution in [3.63, 3.8) is 0 Å². The van der Waals surface area contributed by atoms with Gasteiger partial charge >= 0.3 is 5.76 Å². The number of benzene rings is 1. The number of hydrogen-bond acceptors (Lipinski definition) is 4. The second-order valence-corrected chi connectivity index (χ2v) is 7.07. The van der Waals surface area contributed by atoms with Crippen LogP contribution in [0.15, 0.2) is 39.5 Å². The summed E-state index contributed by atoms with van der Waals surface area (Å²) in [6, 6.07) is 10.1. The van der Waals surface area contributed by atoms with Crippen molar-refractivity contribution < 1.29 is 9.15 Å². The molecule has 1 aromatic carbocycles. The molecule has 3 rings (SSSR count). The first-order valence-corrected chi connectivity index (χ1v) is 8.24. The van der Waals surface area contributed by atoms with Crippen molar-refractivity contribution >= 4 is 0 Å². The lowest BCUT2D eigenvalue weighted by atomic mass is 9.85. The Balaban J connectivity index is 1.57. The molecule has 1 unspecified atom stereocenters. The maximum absolute atomic E-state index is 11.9. The summed E-state index contributed by atoms with van der Waals surface area (Å²) in [5, 5.41) is 4.31. The third-order valence-electron chi connectivity index (χ3n) is 4.35. The Labute approximate surface area is 136 Å². The fraction of sp³-hybridized carbons (Fsp3) is 0.556.